The predicted molar refractivity (Wildman–Crippen MR) is 91.6 cm³/mol. The van der Waals surface area contributed by atoms with Crippen LogP contribution in [-0.2, 0) is 0 Å². The summed E-state index contributed by atoms with van der Waals surface area (Å²) >= 11 is 1.79. The molecular formula is C17H30N2S. The van der Waals surface area contributed by atoms with Crippen molar-refractivity contribution in [3.63, 3.8) is 0 Å². The van der Waals surface area contributed by atoms with Gasteiger partial charge in [-0.25, -0.2) is 0 Å². The Hall–Kier alpha value is -0.510. The molecule has 20 heavy (non-hydrogen) atoms. The highest BCUT2D eigenvalue weighted by Gasteiger charge is 2.15. The molecule has 1 rings (SSSR count). The second kappa shape index (κ2) is 8.71. The van der Waals surface area contributed by atoms with Crippen LogP contribution >= 0.6 is 11.8 Å². The van der Waals surface area contributed by atoms with Crippen molar-refractivity contribution < 1.29 is 0 Å². The maximum atomic E-state index is 3.78. The highest BCUT2D eigenvalue weighted by Crippen LogP contribution is 2.20. The zero-order valence-electron chi connectivity index (χ0n) is 13.8. The van der Waals surface area contributed by atoms with E-state index in [0.29, 0.717) is 12.1 Å². The first-order valence-corrected chi connectivity index (χ1v) is 8.69. The monoisotopic (exact) mass is 294 g/mol. The highest BCUT2D eigenvalue weighted by molar-refractivity contribution is 7.98. The molecule has 0 aromatic heterocycles. The second-order valence-corrected chi connectivity index (χ2v) is 7.13. The van der Waals surface area contributed by atoms with Crippen LogP contribution in [0, 0.1) is 5.92 Å². The molecule has 0 radical (unpaired) electrons. The average molecular weight is 295 g/mol. The number of nitrogens with one attached hydrogen (secondary N) is 1. The van der Waals surface area contributed by atoms with E-state index >= 15 is 0 Å². The lowest BCUT2D eigenvalue weighted by molar-refractivity contribution is 0.291. The molecule has 0 bridgehead atoms. The normalized spacial score (nSPS) is 14.8. The number of hydrogen-bond acceptors (Lipinski definition) is 3. The van der Waals surface area contributed by atoms with Gasteiger partial charge in [0.05, 0.1) is 0 Å². The van der Waals surface area contributed by atoms with Gasteiger partial charge in [-0.15, -0.1) is 11.8 Å². The van der Waals surface area contributed by atoms with Crippen LogP contribution in [0.3, 0.4) is 0 Å². The topological polar surface area (TPSA) is 15.3 Å². The third-order valence-corrected chi connectivity index (χ3v) is 4.19. The summed E-state index contributed by atoms with van der Waals surface area (Å²) in [6, 6.07) is 9.84. The summed E-state index contributed by atoms with van der Waals surface area (Å²) in [6.07, 6.45) is 3.33. The Morgan fingerprint density at radius 2 is 1.70 bits per heavy atom. The molecule has 0 spiro atoms. The van der Waals surface area contributed by atoms with Crippen molar-refractivity contribution in [3.8, 4) is 0 Å². The van der Waals surface area contributed by atoms with Crippen molar-refractivity contribution in [1.29, 1.82) is 0 Å². The Labute approximate surface area is 129 Å². The zero-order chi connectivity index (χ0) is 15.1. The SMILES string of the molecule is CSc1ccc(C(C)NC(CC(C)C)CN(C)C)cc1. The quantitative estimate of drug-likeness (QED) is 0.729. The minimum Gasteiger partial charge on any atom is -0.308 e. The maximum absolute atomic E-state index is 3.78. The van der Waals surface area contributed by atoms with Crippen molar-refractivity contribution in [2.24, 2.45) is 5.92 Å². The van der Waals surface area contributed by atoms with Gasteiger partial charge >= 0.3 is 0 Å². The Kier molecular flexibility index (Phi) is 7.63. The Morgan fingerprint density at radius 3 is 2.15 bits per heavy atom. The van der Waals surface area contributed by atoms with Gasteiger partial charge in [0, 0.05) is 23.5 Å². The van der Waals surface area contributed by atoms with Gasteiger partial charge in [-0.05, 0) is 57.3 Å². The van der Waals surface area contributed by atoms with Crippen LogP contribution in [0.1, 0.15) is 38.8 Å². The first-order valence-electron chi connectivity index (χ1n) is 7.47. The maximum Gasteiger partial charge on any atom is 0.0294 e. The molecule has 1 aromatic rings. The molecule has 0 aliphatic heterocycles. The summed E-state index contributed by atoms with van der Waals surface area (Å²) in [7, 11) is 4.29. The fraction of sp³-hybridized carbons (Fsp3) is 0.647. The molecule has 0 aliphatic rings. The second-order valence-electron chi connectivity index (χ2n) is 6.25. The number of hydrogen-bond donors (Lipinski definition) is 1. The molecule has 2 unspecified atom stereocenters. The van der Waals surface area contributed by atoms with E-state index in [1.54, 1.807) is 11.8 Å². The van der Waals surface area contributed by atoms with Gasteiger partial charge < -0.3 is 10.2 Å². The minimum absolute atomic E-state index is 0.398. The highest BCUT2D eigenvalue weighted by atomic mass is 32.2. The Bertz CT molecular complexity index is 363. The van der Waals surface area contributed by atoms with Gasteiger partial charge in [0.15, 0.2) is 0 Å². The van der Waals surface area contributed by atoms with Crippen LogP contribution in [0.4, 0.5) is 0 Å². The van der Waals surface area contributed by atoms with Crippen LogP contribution in [-0.4, -0.2) is 37.8 Å². The fourth-order valence-electron chi connectivity index (χ4n) is 2.55. The molecule has 1 N–H and O–H groups in total. The van der Waals surface area contributed by atoms with Gasteiger partial charge in [0.1, 0.15) is 0 Å². The minimum atomic E-state index is 0.398. The molecule has 114 valence electrons. The standard InChI is InChI=1S/C17H30N2S/c1-13(2)11-16(12-19(4)5)18-14(3)15-7-9-17(20-6)10-8-15/h7-10,13-14,16,18H,11-12H2,1-6H3. The van der Waals surface area contributed by atoms with Gasteiger partial charge in [-0.2, -0.15) is 0 Å². The molecule has 2 nitrogen and oxygen atoms in total. The van der Waals surface area contributed by atoms with Gasteiger partial charge in [0.25, 0.3) is 0 Å². The van der Waals surface area contributed by atoms with Crippen molar-refractivity contribution in [2.45, 2.75) is 44.2 Å². The summed E-state index contributed by atoms with van der Waals surface area (Å²) in [4.78, 5) is 3.59. The van der Waals surface area contributed by atoms with Gasteiger partial charge in [-0.1, -0.05) is 26.0 Å². The van der Waals surface area contributed by atoms with Crippen LogP contribution < -0.4 is 5.32 Å². The van der Waals surface area contributed by atoms with E-state index in [1.807, 2.05) is 0 Å². The lowest BCUT2D eigenvalue weighted by Gasteiger charge is -2.27. The molecule has 0 saturated heterocycles. The predicted octanol–water partition coefficient (Wildman–Crippen LogP) is 4.04. The van der Waals surface area contributed by atoms with E-state index in [1.165, 1.54) is 16.9 Å². The van der Waals surface area contributed by atoms with Crippen LogP contribution in [0.15, 0.2) is 29.2 Å². The van der Waals surface area contributed by atoms with Crippen LogP contribution in [0.5, 0.6) is 0 Å². The van der Waals surface area contributed by atoms with E-state index in [4.69, 9.17) is 0 Å². The summed E-state index contributed by atoms with van der Waals surface area (Å²) in [6.45, 7) is 7.94. The first kappa shape index (κ1) is 17.5. The summed E-state index contributed by atoms with van der Waals surface area (Å²) in [5.74, 6) is 0.721. The summed E-state index contributed by atoms with van der Waals surface area (Å²) in [5, 5.41) is 3.78. The third-order valence-electron chi connectivity index (χ3n) is 3.44. The molecule has 0 aliphatic carbocycles. The smallest absolute Gasteiger partial charge is 0.0294 e. The third kappa shape index (κ3) is 6.29. The number of nitrogens with zero attached hydrogens (tertiary/aromatic N) is 1. The van der Waals surface area contributed by atoms with Crippen LogP contribution in [0.2, 0.25) is 0 Å². The average Bonchev–Trinajstić information content (AvgIpc) is 2.37. The largest absolute Gasteiger partial charge is 0.308 e. The Balaban J connectivity index is 2.65. The van der Waals surface area contributed by atoms with Gasteiger partial charge in [-0.3, -0.25) is 0 Å². The summed E-state index contributed by atoms with van der Waals surface area (Å²) < 4.78 is 0. The number of rotatable bonds is 8. The van der Waals surface area contributed by atoms with E-state index in [0.717, 1.165) is 12.5 Å². The molecule has 0 fully saturated rings. The van der Waals surface area contributed by atoms with Crippen molar-refractivity contribution in [1.82, 2.24) is 10.2 Å². The van der Waals surface area contributed by atoms with Crippen LogP contribution in [0.25, 0.3) is 0 Å². The Morgan fingerprint density at radius 1 is 1.10 bits per heavy atom. The molecular weight excluding hydrogens is 264 g/mol. The van der Waals surface area contributed by atoms with E-state index in [9.17, 15) is 0 Å². The van der Waals surface area contributed by atoms with Crippen molar-refractivity contribution >= 4 is 11.8 Å². The molecule has 0 saturated carbocycles. The number of benzene rings is 1. The fourth-order valence-corrected chi connectivity index (χ4v) is 2.96. The van der Waals surface area contributed by atoms with E-state index in [-0.39, 0.29) is 0 Å². The van der Waals surface area contributed by atoms with Crippen molar-refractivity contribution in [3.05, 3.63) is 29.8 Å². The molecule has 0 heterocycles. The molecule has 2 atom stereocenters. The summed E-state index contributed by atoms with van der Waals surface area (Å²) in [5.41, 5.74) is 1.37. The van der Waals surface area contributed by atoms with E-state index in [2.05, 4.69) is 75.6 Å². The van der Waals surface area contributed by atoms with E-state index < -0.39 is 0 Å². The molecule has 3 heteroatoms. The lowest BCUT2D eigenvalue weighted by Crippen LogP contribution is -2.40. The number of thioether (sulfide) groups is 1. The van der Waals surface area contributed by atoms with Crippen molar-refractivity contribution in [2.75, 3.05) is 26.9 Å². The number of likely N-dealkylation sites (N-methyl/N-ethyl adjacent to an activating group) is 1. The van der Waals surface area contributed by atoms with Gasteiger partial charge in [0.2, 0.25) is 0 Å². The molecule has 1 aromatic carbocycles. The lowest BCUT2D eigenvalue weighted by atomic mass is 10.0. The zero-order valence-corrected chi connectivity index (χ0v) is 14.6. The first-order chi connectivity index (χ1) is 9.42. The molecule has 0 amide bonds.